The van der Waals surface area contributed by atoms with Crippen LogP contribution in [-0.2, 0) is 0 Å². The Morgan fingerprint density at radius 1 is 1.11 bits per heavy atom. The van der Waals surface area contributed by atoms with Crippen LogP contribution in [0.1, 0.15) is 46.0 Å². The normalized spacial score (nSPS) is 26.0. The van der Waals surface area contributed by atoms with Crippen molar-refractivity contribution < 1.29 is 0 Å². The molecule has 18 heavy (non-hydrogen) atoms. The van der Waals surface area contributed by atoms with E-state index in [0.29, 0.717) is 5.54 Å². The molecule has 1 heterocycles. The van der Waals surface area contributed by atoms with E-state index in [1.165, 1.54) is 64.0 Å². The maximum Gasteiger partial charge on any atom is 0.0337 e. The fourth-order valence-corrected chi connectivity index (χ4v) is 4.44. The molecule has 2 rings (SSSR count). The van der Waals surface area contributed by atoms with E-state index in [4.69, 9.17) is 0 Å². The van der Waals surface area contributed by atoms with Crippen molar-refractivity contribution in [3.05, 3.63) is 0 Å². The summed E-state index contributed by atoms with van der Waals surface area (Å²) in [4.78, 5) is 5.39. The molecule has 0 aromatic carbocycles. The summed E-state index contributed by atoms with van der Waals surface area (Å²) in [7, 11) is 2.30. The van der Waals surface area contributed by atoms with Gasteiger partial charge in [0, 0.05) is 37.5 Å². The molecule has 1 saturated carbocycles. The zero-order valence-electron chi connectivity index (χ0n) is 12.5. The highest BCUT2D eigenvalue weighted by atomic mass is 32.2. The highest BCUT2D eigenvalue weighted by molar-refractivity contribution is 7.99. The number of nitrogens with zero attached hydrogens (tertiary/aromatic N) is 2. The zero-order chi connectivity index (χ0) is 13.0. The zero-order valence-corrected chi connectivity index (χ0v) is 13.3. The van der Waals surface area contributed by atoms with Gasteiger partial charge in [0.15, 0.2) is 0 Å². The van der Waals surface area contributed by atoms with E-state index in [1.807, 2.05) is 0 Å². The molecule has 0 unspecified atom stereocenters. The molecule has 1 saturated heterocycles. The molecule has 0 bridgehead atoms. The molecule has 2 nitrogen and oxygen atoms in total. The maximum atomic E-state index is 2.83. The first-order valence-corrected chi connectivity index (χ1v) is 8.72. The van der Waals surface area contributed by atoms with Crippen LogP contribution in [0.2, 0.25) is 0 Å². The van der Waals surface area contributed by atoms with Gasteiger partial charge in [-0.3, -0.25) is 4.90 Å². The highest BCUT2D eigenvalue weighted by Gasteiger charge is 2.40. The molecule has 0 atom stereocenters. The predicted octanol–water partition coefficient (Wildman–Crippen LogP) is 3.08. The van der Waals surface area contributed by atoms with Crippen LogP contribution in [0.4, 0.5) is 0 Å². The maximum absolute atomic E-state index is 2.83. The minimum Gasteiger partial charge on any atom is -0.303 e. The predicted molar refractivity (Wildman–Crippen MR) is 82.5 cm³/mol. The van der Waals surface area contributed by atoms with Gasteiger partial charge in [0.2, 0.25) is 0 Å². The summed E-state index contributed by atoms with van der Waals surface area (Å²) in [5.41, 5.74) is 0.531. The van der Waals surface area contributed by atoms with E-state index in [9.17, 15) is 0 Å². The molecule has 0 amide bonds. The van der Waals surface area contributed by atoms with E-state index in [2.05, 4.69) is 42.5 Å². The molecule has 1 aliphatic carbocycles. The second-order valence-corrected chi connectivity index (χ2v) is 8.11. The van der Waals surface area contributed by atoms with Crippen molar-refractivity contribution in [2.45, 2.75) is 56.7 Å². The Hall–Kier alpha value is 0.270. The van der Waals surface area contributed by atoms with Crippen LogP contribution >= 0.6 is 11.8 Å². The van der Waals surface area contributed by atoms with Crippen molar-refractivity contribution in [2.24, 2.45) is 0 Å². The van der Waals surface area contributed by atoms with Crippen LogP contribution in [0.3, 0.4) is 0 Å². The van der Waals surface area contributed by atoms with Crippen LogP contribution in [0.25, 0.3) is 0 Å². The van der Waals surface area contributed by atoms with Crippen molar-refractivity contribution in [2.75, 3.05) is 39.0 Å². The van der Waals surface area contributed by atoms with Crippen molar-refractivity contribution in [1.29, 1.82) is 0 Å². The van der Waals surface area contributed by atoms with Crippen LogP contribution in [0.15, 0.2) is 0 Å². The van der Waals surface area contributed by atoms with Crippen LogP contribution in [0, 0.1) is 0 Å². The fourth-order valence-electron chi connectivity index (χ4n) is 3.64. The number of piperazine rings is 1. The lowest BCUT2D eigenvalue weighted by Crippen LogP contribution is -2.62. The third-order valence-corrected chi connectivity index (χ3v) is 5.67. The molecule has 0 aromatic rings. The molecular weight excluding hydrogens is 240 g/mol. The average Bonchev–Trinajstić information content (AvgIpc) is 2.33. The average molecular weight is 270 g/mol. The quantitative estimate of drug-likeness (QED) is 0.775. The molecule has 2 aliphatic rings. The Bertz CT molecular complexity index is 249. The fraction of sp³-hybridized carbons (Fsp3) is 1.00. The molecule has 1 spiro atoms. The Balaban J connectivity index is 1.92. The lowest BCUT2D eigenvalue weighted by Gasteiger charge is -2.52. The molecule has 0 N–H and O–H groups in total. The second-order valence-electron chi connectivity index (χ2n) is 6.43. The van der Waals surface area contributed by atoms with Gasteiger partial charge >= 0.3 is 0 Å². The first-order chi connectivity index (χ1) is 8.62. The molecule has 106 valence electrons. The third-order valence-electron chi connectivity index (χ3n) is 4.58. The Morgan fingerprint density at radius 3 is 2.50 bits per heavy atom. The van der Waals surface area contributed by atoms with Crippen molar-refractivity contribution in [3.8, 4) is 0 Å². The van der Waals surface area contributed by atoms with Crippen molar-refractivity contribution >= 4 is 11.8 Å². The van der Waals surface area contributed by atoms with E-state index < -0.39 is 0 Å². The second kappa shape index (κ2) is 6.62. The number of hydrogen-bond donors (Lipinski definition) is 0. The Labute approximate surface area is 117 Å². The van der Waals surface area contributed by atoms with E-state index >= 15 is 0 Å². The summed E-state index contributed by atoms with van der Waals surface area (Å²) >= 11 is 2.12. The lowest BCUT2D eigenvalue weighted by atomic mass is 9.78. The van der Waals surface area contributed by atoms with Crippen LogP contribution in [-0.4, -0.2) is 59.6 Å². The minimum atomic E-state index is 0.531. The number of rotatable bonds is 4. The summed E-state index contributed by atoms with van der Waals surface area (Å²) in [6.45, 7) is 9.77. The van der Waals surface area contributed by atoms with E-state index in [1.54, 1.807) is 0 Å². The smallest absolute Gasteiger partial charge is 0.0337 e. The van der Waals surface area contributed by atoms with Crippen LogP contribution < -0.4 is 0 Å². The monoisotopic (exact) mass is 270 g/mol. The molecular formula is C15H30N2S. The summed E-state index contributed by atoms with van der Waals surface area (Å²) in [5, 5.41) is 0.778. The third kappa shape index (κ3) is 3.64. The van der Waals surface area contributed by atoms with E-state index in [-0.39, 0.29) is 0 Å². The first-order valence-electron chi connectivity index (χ1n) is 7.68. The van der Waals surface area contributed by atoms with Gasteiger partial charge in [-0.2, -0.15) is 11.8 Å². The molecule has 0 aromatic heterocycles. The first kappa shape index (κ1) is 14.7. The van der Waals surface area contributed by atoms with Gasteiger partial charge in [-0.15, -0.1) is 0 Å². The SMILES string of the molecule is CC(C)SCCN1CCN(C)CC12CCCCC2. The van der Waals surface area contributed by atoms with Gasteiger partial charge in [-0.25, -0.2) is 0 Å². The van der Waals surface area contributed by atoms with Gasteiger partial charge in [0.25, 0.3) is 0 Å². The number of thioether (sulfide) groups is 1. The van der Waals surface area contributed by atoms with Gasteiger partial charge in [-0.05, 0) is 25.1 Å². The topological polar surface area (TPSA) is 6.48 Å². The Kier molecular flexibility index (Phi) is 5.40. The summed E-state index contributed by atoms with van der Waals surface area (Å²) in [6, 6.07) is 0. The minimum absolute atomic E-state index is 0.531. The number of hydrogen-bond acceptors (Lipinski definition) is 3. The Morgan fingerprint density at radius 2 is 1.83 bits per heavy atom. The summed E-state index contributed by atoms with van der Waals surface area (Å²) < 4.78 is 0. The van der Waals surface area contributed by atoms with E-state index in [0.717, 1.165) is 5.25 Å². The van der Waals surface area contributed by atoms with Gasteiger partial charge < -0.3 is 4.90 Å². The molecule has 1 aliphatic heterocycles. The van der Waals surface area contributed by atoms with Gasteiger partial charge in [-0.1, -0.05) is 33.1 Å². The standard InChI is InChI=1S/C15H30N2S/c1-14(2)18-12-11-17-10-9-16(3)13-15(17)7-5-4-6-8-15/h14H,4-13H2,1-3H3. The van der Waals surface area contributed by atoms with Gasteiger partial charge in [0.05, 0.1) is 0 Å². The number of likely N-dealkylation sites (N-methyl/N-ethyl adjacent to an activating group) is 1. The van der Waals surface area contributed by atoms with Crippen LogP contribution in [0.5, 0.6) is 0 Å². The summed E-state index contributed by atoms with van der Waals surface area (Å²) in [5.74, 6) is 1.31. The highest BCUT2D eigenvalue weighted by Crippen LogP contribution is 2.36. The molecule has 3 heteroatoms. The van der Waals surface area contributed by atoms with Gasteiger partial charge in [0.1, 0.15) is 0 Å². The largest absolute Gasteiger partial charge is 0.303 e. The molecule has 0 radical (unpaired) electrons. The lowest BCUT2D eigenvalue weighted by molar-refractivity contribution is -0.0137. The molecule has 2 fully saturated rings. The van der Waals surface area contributed by atoms with Crippen molar-refractivity contribution in [1.82, 2.24) is 9.80 Å². The van der Waals surface area contributed by atoms with Crippen molar-refractivity contribution in [3.63, 3.8) is 0 Å². The summed E-state index contributed by atoms with van der Waals surface area (Å²) in [6.07, 6.45) is 7.22.